The first-order chi connectivity index (χ1) is 7.31. The molecule has 2 heterocycles. The molecule has 1 fully saturated rings. The Balaban J connectivity index is 1.93. The maximum atomic E-state index is 12.0. The molecule has 3 heteroatoms. The number of carbonyl (C=O) groups excluding carboxylic acids is 1. The van der Waals surface area contributed by atoms with E-state index in [1.165, 1.54) is 19.3 Å². The molecular weight excluding hydrogens is 206 g/mol. The van der Waals surface area contributed by atoms with Crippen LogP contribution in [0.25, 0.3) is 0 Å². The number of amides is 1. The summed E-state index contributed by atoms with van der Waals surface area (Å²) in [6.07, 6.45) is 3.67. The molecule has 1 aliphatic heterocycles. The molecule has 2 rings (SSSR count). The smallest absolute Gasteiger partial charge is 0.263 e. The number of hydrogen-bond acceptors (Lipinski definition) is 2. The fourth-order valence-corrected chi connectivity index (χ4v) is 2.91. The molecular formula is C12H17NOS. The van der Waals surface area contributed by atoms with Gasteiger partial charge in [0.15, 0.2) is 0 Å². The van der Waals surface area contributed by atoms with E-state index in [1.807, 2.05) is 22.4 Å². The van der Waals surface area contributed by atoms with Gasteiger partial charge in [0.2, 0.25) is 0 Å². The van der Waals surface area contributed by atoms with E-state index in [0.717, 1.165) is 23.9 Å². The number of rotatable bonds is 3. The van der Waals surface area contributed by atoms with Crippen molar-refractivity contribution in [2.24, 2.45) is 5.92 Å². The Morgan fingerprint density at radius 1 is 1.67 bits per heavy atom. The highest BCUT2D eigenvalue weighted by Crippen LogP contribution is 2.23. The molecule has 1 amide bonds. The van der Waals surface area contributed by atoms with Crippen LogP contribution in [0, 0.1) is 5.92 Å². The number of likely N-dealkylation sites (tertiary alicyclic amines) is 1. The van der Waals surface area contributed by atoms with Crippen LogP contribution in [0.15, 0.2) is 17.5 Å². The van der Waals surface area contributed by atoms with Gasteiger partial charge in [-0.1, -0.05) is 19.4 Å². The van der Waals surface area contributed by atoms with Gasteiger partial charge in [-0.15, -0.1) is 11.3 Å². The van der Waals surface area contributed by atoms with Crippen molar-refractivity contribution in [2.75, 3.05) is 13.1 Å². The highest BCUT2D eigenvalue weighted by molar-refractivity contribution is 7.12. The molecule has 0 radical (unpaired) electrons. The van der Waals surface area contributed by atoms with Crippen LogP contribution in [0.2, 0.25) is 0 Å². The highest BCUT2D eigenvalue weighted by atomic mass is 32.1. The third-order valence-electron chi connectivity index (χ3n) is 3.00. The van der Waals surface area contributed by atoms with Crippen LogP contribution in [-0.2, 0) is 0 Å². The Morgan fingerprint density at radius 2 is 2.53 bits per heavy atom. The molecule has 0 spiro atoms. The summed E-state index contributed by atoms with van der Waals surface area (Å²) in [5.74, 6) is 0.961. The van der Waals surface area contributed by atoms with Crippen LogP contribution in [0.3, 0.4) is 0 Å². The summed E-state index contributed by atoms with van der Waals surface area (Å²) in [6.45, 7) is 4.12. The molecule has 1 atom stereocenters. The van der Waals surface area contributed by atoms with E-state index in [9.17, 15) is 4.79 Å². The van der Waals surface area contributed by atoms with Gasteiger partial charge in [0.25, 0.3) is 5.91 Å². The van der Waals surface area contributed by atoms with Gasteiger partial charge in [0, 0.05) is 13.1 Å². The van der Waals surface area contributed by atoms with Gasteiger partial charge in [-0.3, -0.25) is 4.79 Å². The lowest BCUT2D eigenvalue weighted by Crippen LogP contribution is -2.27. The topological polar surface area (TPSA) is 20.3 Å². The predicted octanol–water partition coefficient (Wildman–Crippen LogP) is 3.01. The second kappa shape index (κ2) is 4.79. The van der Waals surface area contributed by atoms with Crippen LogP contribution < -0.4 is 0 Å². The molecule has 2 nitrogen and oxygen atoms in total. The molecule has 15 heavy (non-hydrogen) atoms. The Bertz CT molecular complexity index is 320. The molecule has 0 aromatic carbocycles. The molecule has 0 bridgehead atoms. The van der Waals surface area contributed by atoms with Gasteiger partial charge in [0.05, 0.1) is 4.88 Å². The normalized spacial score (nSPS) is 20.9. The SMILES string of the molecule is CCCC1CCN(C(=O)c2cccs2)C1. The van der Waals surface area contributed by atoms with Gasteiger partial charge in [-0.2, -0.15) is 0 Å². The zero-order valence-electron chi connectivity index (χ0n) is 9.11. The van der Waals surface area contributed by atoms with E-state index in [1.54, 1.807) is 11.3 Å². The lowest BCUT2D eigenvalue weighted by Gasteiger charge is -2.15. The quantitative estimate of drug-likeness (QED) is 0.771. The summed E-state index contributed by atoms with van der Waals surface area (Å²) in [6, 6.07) is 3.86. The average molecular weight is 223 g/mol. The second-order valence-corrected chi connectivity index (χ2v) is 5.12. The first-order valence-electron chi connectivity index (χ1n) is 5.64. The maximum absolute atomic E-state index is 12.0. The summed E-state index contributed by atoms with van der Waals surface area (Å²) in [5.41, 5.74) is 0. The number of carbonyl (C=O) groups is 1. The van der Waals surface area contributed by atoms with Crippen LogP contribution in [0.5, 0.6) is 0 Å². The van der Waals surface area contributed by atoms with E-state index >= 15 is 0 Å². The third kappa shape index (κ3) is 2.40. The van der Waals surface area contributed by atoms with Gasteiger partial charge >= 0.3 is 0 Å². The average Bonchev–Trinajstić information content (AvgIpc) is 2.87. The van der Waals surface area contributed by atoms with Crippen molar-refractivity contribution in [3.63, 3.8) is 0 Å². The van der Waals surface area contributed by atoms with Crippen LogP contribution in [0.4, 0.5) is 0 Å². The van der Waals surface area contributed by atoms with Gasteiger partial charge in [-0.05, 0) is 30.2 Å². The molecule has 82 valence electrons. The van der Waals surface area contributed by atoms with Crippen molar-refractivity contribution >= 4 is 17.2 Å². The number of thiophene rings is 1. The maximum Gasteiger partial charge on any atom is 0.263 e. The van der Waals surface area contributed by atoms with Crippen molar-refractivity contribution in [3.8, 4) is 0 Å². The van der Waals surface area contributed by atoms with Crippen molar-refractivity contribution in [2.45, 2.75) is 26.2 Å². The van der Waals surface area contributed by atoms with Crippen LogP contribution in [0.1, 0.15) is 35.9 Å². The predicted molar refractivity (Wildman–Crippen MR) is 63.2 cm³/mol. The lowest BCUT2D eigenvalue weighted by molar-refractivity contribution is 0.0791. The monoisotopic (exact) mass is 223 g/mol. The fourth-order valence-electron chi connectivity index (χ4n) is 2.22. The lowest BCUT2D eigenvalue weighted by atomic mass is 10.0. The molecule has 1 saturated heterocycles. The molecule has 0 aliphatic carbocycles. The van der Waals surface area contributed by atoms with E-state index in [-0.39, 0.29) is 5.91 Å². The largest absolute Gasteiger partial charge is 0.338 e. The molecule has 1 aromatic rings. The summed E-state index contributed by atoms with van der Waals surface area (Å²) in [5, 5.41) is 1.97. The Morgan fingerprint density at radius 3 is 3.20 bits per heavy atom. The molecule has 0 saturated carbocycles. The summed E-state index contributed by atoms with van der Waals surface area (Å²) >= 11 is 1.54. The fraction of sp³-hybridized carbons (Fsp3) is 0.583. The van der Waals surface area contributed by atoms with Gasteiger partial charge in [-0.25, -0.2) is 0 Å². The van der Waals surface area contributed by atoms with E-state index < -0.39 is 0 Å². The Kier molecular flexibility index (Phi) is 3.41. The van der Waals surface area contributed by atoms with Gasteiger partial charge < -0.3 is 4.90 Å². The molecule has 1 aliphatic rings. The van der Waals surface area contributed by atoms with Crippen molar-refractivity contribution < 1.29 is 4.79 Å². The number of hydrogen-bond donors (Lipinski definition) is 0. The van der Waals surface area contributed by atoms with Crippen molar-refractivity contribution in [1.29, 1.82) is 0 Å². The van der Waals surface area contributed by atoms with Gasteiger partial charge in [0.1, 0.15) is 0 Å². The zero-order valence-corrected chi connectivity index (χ0v) is 9.93. The Hall–Kier alpha value is -0.830. The molecule has 1 aromatic heterocycles. The first-order valence-corrected chi connectivity index (χ1v) is 6.52. The first kappa shape index (κ1) is 10.7. The standard InChI is InChI=1S/C12H17NOS/c1-2-4-10-6-7-13(9-10)12(14)11-5-3-8-15-11/h3,5,8,10H,2,4,6-7,9H2,1H3. The molecule has 0 N–H and O–H groups in total. The zero-order chi connectivity index (χ0) is 10.7. The van der Waals surface area contributed by atoms with Crippen molar-refractivity contribution in [3.05, 3.63) is 22.4 Å². The van der Waals surface area contributed by atoms with E-state index in [4.69, 9.17) is 0 Å². The Labute approximate surface area is 94.9 Å². The number of nitrogens with zero attached hydrogens (tertiary/aromatic N) is 1. The second-order valence-electron chi connectivity index (χ2n) is 4.17. The summed E-state index contributed by atoms with van der Waals surface area (Å²) in [4.78, 5) is 14.9. The van der Waals surface area contributed by atoms with Crippen molar-refractivity contribution in [1.82, 2.24) is 4.90 Å². The van der Waals surface area contributed by atoms with Crippen LogP contribution in [-0.4, -0.2) is 23.9 Å². The minimum Gasteiger partial charge on any atom is -0.338 e. The minimum absolute atomic E-state index is 0.226. The van der Waals surface area contributed by atoms with E-state index in [0.29, 0.717) is 0 Å². The van der Waals surface area contributed by atoms with E-state index in [2.05, 4.69) is 6.92 Å². The summed E-state index contributed by atoms with van der Waals surface area (Å²) in [7, 11) is 0. The third-order valence-corrected chi connectivity index (χ3v) is 3.86. The minimum atomic E-state index is 0.226. The van der Waals surface area contributed by atoms with Crippen LogP contribution >= 0.6 is 11.3 Å². The highest BCUT2D eigenvalue weighted by Gasteiger charge is 2.26. The molecule has 1 unspecified atom stereocenters. The summed E-state index contributed by atoms with van der Waals surface area (Å²) < 4.78 is 0.